The third-order valence-corrected chi connectivity index (χ3v) is 4.05. The smallest absolute Gasteiger partial charge is 0.344 e. The molecule has 1 aromatic heterocycles. The van der Waals surface area contributed by atoms with Crippen LogP contribution in [0.25, 0.3) is 10.8 Å². The van der Waals surface area contributed by atoms with Gasteiger partial charge >= 0.3 is 5.97 Å². The van der Waals surface area contributed by atoms with Crippen molar-refractivity contribution in [3.63, 3.8) is 0 Å². The van der Waals surface area contributed by atoms with E-state index in [0.29, 0.717) is 22.2 Å². The van der Waals surface area contributed by atoms with Gasteiger partial charge in [0.15, 0.2) is 6.61 Å². The summed E-state index contributed by atoms with van der Waals surface area (Å²) in [5, 5.41) is 3.41. The minimum Gasteiger partial charge on any atom is -0.481 e. The van der Waals surface area contributed by atoms with Crippen molar-refractivity contribution >= 4 is 28.3 Å². The van der Waals surface area contributed by atoms with Crippen molar-refractivity contribution < 1.29 is 23.5 Å². The number of esters is 1. The SMILES string of the molecule is CCOC(=O)COc1cccc2c(=O)n(CC(=O)Nc3cccc(F)c3)ccc12. The molecule has 3 rings (SSSR count). The number of benzene rings is 2. The molecule has 0 unspecified atom stereocenters. The first-order valence-electron chi connectivity index (χ1n) is 8.94. The van der Waals surface area contributed by atoms with Gasteiger partial charge in [-0.25, -0.2) is 9.18 Å². The summed E-state index contributed by atoms with van der Waals surface area (Å²) in [7, 11) is 0. The number of pyridine rings is 1. The van der Waals surface area contributed by atoms with Crippen LogP contribution in [0.2, 0.25) is 0 Å². The number of halogens is 1. The van der Waals surface area contributed by atoms with Gasteiger partial charge in [-0.05, 0) is 43.3 Å². The summed E-state index contributed by atoms with van der Waals surface area (Å²) in [6.07, 6.45) is 1.47. The quantitative estimate of drug-likeness (QED) is 0.619. The first kappa shape index (κ1) is 20.1. The average molecular weight is 398 g/mol. The van der Waals surface area contributed by atoms with Gasteiger partial charge in [0.1, 0.15) is 18.1 Å². The second-order valence-corrected chi connectivity index (χ2v) is 6.12. The van der Waals surface area contributed by atoms with Crippen LogP contribution in [0.15, 0.2) is 59.5 Å². The van der Waals surface area contributed by atoms with E-state index in [2.05, 4.69) is 5.32 Å². The van der Waals surface area contributed by atoms with Crippen LogP contribution in [0.3, 0.4) is 0 Å². The Balaban J connectivity index is 1.78. The molecule has 8 heteroatoms. The van der Waals surface area contributed by atoms with Gasteiger partial charge in [0.25, 0.3) is 5.56 Å². The zero-order chi connectivity index (χ0) is 20.8. The Labute approximate surface area is 165 Å². The van der Waals surface area contributed by atoms with Crippen LogP contribution in [0.5, 0.6) is 5.75 Å². The third kappa shape index (κ3) is 4.98. The molecule has 0 aliphatic rings. The number of amides is 1. The number of carbonyl (C=O) groups excluding carboxylic acids is 2. The molecular weight excluding hydrogens is 379 g/mol. The largest absolute Gasteiger partial charge is 0.481 e. The maximum absolute atomic E-state index is 13.2. The Bertz CT molecular complexity index is 1110. The van der Waals surface area contributed by atoms with Crippen LogP contribution >= 0.6 is 0 Å². The lowest BCUT2D eigenvalue weighted by Crippen LogP contribution is -2.27. The molecule has 0 saturated carbocycles. The van der Waals surface area contributed by atoms with Crippen molar-refractivity contribution in [2.45, 2.75) is 13.5 Å². The number of carbonyl (C=O) groups is 2. The van der Waals surface area contributed by atoms with Gasteiger partial charge in [-0.2, -0.15) is 0 Å². The molecule has 1 amide bonds. The topological polar surface area (TPSA) is 86.6 Å². The lowest BCUT2D eigenvalue weighted by Gasteiger charge is -2.11. The lowest BCUT2D eigenvalue weighted by molar-refractivity contribution is -0.145. The monoisotopic (exact) mass is 398 g/mol. The predicted octanol–water partition coefficient (Wildman–Crippen LogP) is 2.72. The molecular formula is C21H19FN2O5. The van der Waals surface area contributed by atoms with Gasteiger partial charge in [-0.15, -0.1) is 0 Å². The van der Waals surface area contributed by atoms with Gasteiger partial charge in [0.2, 0.25) is 5.91 Å². The lowest BCUT2D eigenvalue weighted by atomic mass is 10.1. The summed E-state index contributed by atoms with van der Waals surface area (Å²) in [4.78, 5) is 36.4. The molecule has 0 spiro atoms. The molecule has 0 atom stereocenters. The number of anilines is 1. The number of hydrogen-bond donors (Lipinski definition) is 1. The van der Waals surface area contributed by atoms with Crippen molar-refractivity contribution in [3.8, 4) is 5.75 Å². The van der Waals surface area contributed by atoms with E-state index in [1.165, 1.54) is 29.0 Å². The fourth-order valence-corrected chi connectivity index (χ4v) is 2.80. The predicted molar refractivity (Wildman–Crippen MR) is 105 cm³/mol. The molecule has 2 aromatic carbocycles. The van der Waals surface area contributed by atoms with Crippen molar-refractivity contribution in [2.75, 3.05) is 18.5 Å². The van der Waals surface area contributed by atoms with Crippen LogP contribution in [-0.2, 0) is 20.9 Å². The van der Waals surface area contributed by atoms with Crippen molar-refractivity contribution in [3.05, 3.63) is 70.9 Å². The summed E-state index contributed by atoms with van der Waals surface area (Å²) in [6, 6.07) is 12.0. The Morgan fingerprint density at radius 1 is 1.10 bits per heavy atom. The Morgan fingerprint density at radius 2 is 1.90 bits per heavy atom. The van der Waals surface area contributed by atoms with Gasteiger partial charge in [-0.3, -0.25) is 9.59 Å². The minimum atomic E-state index is -0.508. The van der Waals surface area contributed by atoms with E-state index in [1.54, 1.807) is 37.3 Å². The van der Waals surface area contributed by atoms with Gasteiger partial charge < -0.3 is 19.4 Å². The summed E-state index contributed by atoms with van der Waals surface area (Å²) < 4.78 is 24.8. The molecule has 0 saturated heterocycles. The fraction of sp³-hybridized carbons (Fsp3) is 0.190. The molecule has 29 heavy (non-hydrogen) atoms. The summed E-state index contributed by atoms with van der Waals surface area (Å²) in [6.45, 7) is 1.44. The molecule has 1 N–H and O–H groups in total. The van der Waals surface area contributed by atoms with Gasteiger partial charge in [0, 0.05) is 17.3 Å². The molecule has 0 aliphatic heterocycles. The highest BCUT2D eigenvalue weighted by Crippen LogP contribution is 2.23. The number of nitrogens with zero attached hydrogens (tertiary/aromatic N) is 1. The number of ether oxygens (including phenoxy) is 2. The molecule has 0 aliphatic carbocycles. The van der Waals surface area contributed by atoms with E-state index < -0.39 is 23.3 Å². The van der Waals surface area contributed by atoms with E-state index in [4.69, 9.17) is 9.47 Å². The Kier molecular flexibility index (Phi) is 6.23. The normalized spacial score (nSPS) is 10.6. The van der Waals surface area contributed by atoms with E-state index >= 15 is 0 Å². The summed E-state index contributed by atoms with van der Waals surface area (Å²) >= 11 is 0. The maximum Gasteiger partial charge on any atom is 0.344 e. The maximum atomic E-state index is 13.2. The molecule has 0 fully saturated rings. The number of aromatic nitrogens is 1. The minimum absolute atomic E-state index is 0.237. The first-order chi connectivity index (χ1) is 14.0. The van der Waals surface area contributed by atoms with E-state index in [1.807, 2.05) is 0 Å². The Morgan fingerprint density at radius 3 is 2.66 bits per heavy atom. The van der Waals surface area contributed by atoms with Crippen molar-refractivity contribution in [1.82, 2.24) is 4.57 Å². The molecule has 0 bridgehead atoms. The number of hydrogen-bond acceptors (Lipinski definition) is 5. The van der Waals surface area contributed by atoms with Crippen LogP contribution < -0.4 is 15.6 Å². The van der Waals surface area contributed by atoms with Gasteiger partial charge in [0.05, 0.1) is 12.0 Å². The molecule has 0 radical (unpaired) electrons. The standard InChI is InChI=1S/C21H19FN2O5/c1-2-28-20(26)13-29-18-8-4-7-17-16(18)9-10-24(21(17)27)12-19(25)23-15-6-3-5-14(22)11-15/h3-11H,2,12-13H2,1H3,(H,23,25). The van der Waals surface area contributed by atoms with Crippen molar-refractivity contribution in [2.24, 2.45) is 0 Å². The zero-order valence-electron chi connectivity index (χ0n) is 15.7. The van der Waals surface area contributed by atoms with E-state index in [-0.39, 0.29) is 19.8 Å². The van der Waals surface area contributed by atoms with Crippen molar-refractivity contribution in [1.29, 1.82) is 0 Å². The molecule has 1 heterocycles. The summed E-state index contributed by atoms with van der Waals surface area (Å²) in [5.74, 6) is -1.08. The fourth-order valence-electron chi connectivity index (χ4n) is 2.80. The highest BCUT2D eigenvalue weighted by molar-refractivity contribution is 5.91. The molecule has 3 aromatic rings. The van der Waals surface area contributed by atoms with Crippen LogP contribution in [0.4, 0.5) is 10.1 Å². The first-order valence-corrected chi connectivity index (χ1v) is 8.94. The third-order valence-electron chi connectivity index (χ3n) is 4.05. The van der Waals surface area contributed by atoms with Crippen LogP contribution in [0, 0.1) is 5.82 Å². The Hall–Kier alpha value is -3.68. The van der Waals surface area contributed by atoms with Crippen LogP contribution in [-0.4, -0.2) is 29.7 Å². The highest BCUT2D eigenvalue weighted by Gasteiger charge is 2.12. The van der Waals surface area contributed by atoms with Crippen LogP contribution in [0.1, 0.15) is 6.92 Å². The number of fused-ring (bicyclic) bond motifs is 1. The molecule has 7 nitrogen and oxygen atoms in total. The number of nitrogens with one attached hydrogen (secondary N) is 1. The van der Waals surface area contributed by atoms with E-state index in [0.717, 1.165) is 0 Å². The second kappa shape index (κ2) is 9.01. The average Bonchev–Trinajstić information content (AvgIpc) is 2.69. The summed E-state index contributed by atoms with van der Waals surface area (Å²) in [5.41, 5.74) is -0.0861. The molecule has 150 valence electrons. The highest BCUT2D eigenvalue weighted by atomic mass is 19.1. The zero-order valence-corrected chi connectivity index (χ0v) is 15.7. The number of rotatable bonds is 7. The second-order valence-electron chi connectivity index (χ2n) is 6.12. The van der Waals surface area contributed by atoms with E-state index in [9.17, 15) is 18.8 Å². The van der Waals surface area contributed by atoms with Gasteiger partial charge in [-0.1, -0.05) is 12.1 Å².